The van der Waals surface area contributed by atoms with Crippen molar-refractivity contribution in [1.82, 2.24) is 9.97 Å². The molecule has 2 aromatic heterocycles. The zero-order valence-electron chi connectivity index (χ0n) is 33.2. The van der Waals surface area contributed by atoms with Crippen molar-refractivity contribution >= 4 is 0 Å². The summed E-state index contributed by atoms with van der Waals surface area (Å²) in [5.41, 5.74) is 21.3. The normalized spacial score (nSPS) is 12.5. The summed E-state index contributed by atoms with van der Waals surface area (Å²) < 4.78 is 13.6. The van der Waals surface area contributed by atoms with E-state index in [1.165, 1.54) is 45.5 Å². The highest BCUT2D eigenvalue weighted by Gasteiger charge is 2.35. The Morgan fingerprint density at radius 1 is 0.356 bits per heavy atom. The fourth-order valence-electron chi connectivity index (χ4n) is 8.94. The standard InChI is InChI=1S/C56H41FN2/c1-36-29-41(45-16-8-7-15-44(45)40-24-28-54(58-34-40)38-21-25-43(57)26-22-38)31-42(30-36)46-17-9-10-18-47(46)51-35-59-55(37-13-5-4-6-14-37)33-50(51)39-23-27-49-48-19-11-12-20-52(48)56(2,3)53(49)32-39/h4-35H,1-3H3. The maximum atomic E-state index is 13.6. The number of hydrogen-bond donors (Lipinski definition) is 0. The summed E-state index contributed by atoms with van der Waals surface area (Å²) in [7, 11) is 0. The van der Waals surface area contributed by atoms with Crippen LogP contribution in [0.4, 0.5) is 4.39 Å². The summed E-state index contributed by atoms with van der Waals surface area (Å²) in [6, 6.07) is 63.2. The molecule has 2 nitrogen and oxygen atoms in total. The molecule has 0 amide bonds. The molecule has 0 spiro atoms. The second-order valence-electron chi connectivity index (χ2n) is 16.0. The van der Waals surface area contributed by atoms with Crippen LogP contribution in [0, 0.1) is 12.7 Å². The van der Waals surface area contributed by atoms with E-state index in [0.717, 1.165) is 72.6 Å². The molecule has 282 valence electrons. The van der Waals surface area contributed by atoms with Crippen molar-refractivity contribution in [3.05, 3.63) is 217 Å². The first kappa shape index (κ1) is 36.1. The molecule has 0 N–H and O–H groups in total. The summed E-state index contributed by atoms with van der Waals surface area (Å²) in [6.07, 6.45) is 3.98. The van der Waals surface area contributed by atoms with Gasteiger partial charge in [0.15, 0.2) is 0 Å². The molecule has 7 aromatic carbocycles. The first-order valence-corrected chi connectivity index (χ1v) is 20.2. The smallest absolute Gasteiger partial charge is 0.123 e. The van der Waals surface area contributed by atoms with Gasteiger partial charge in [-0.1, -0.05) is 147 Å². The van der Waals surface area contributed by atoms with Gasteiger partial charge in [0.2, 0.25) is 0 Å². The van der Waals surface area contributed by atoms with Crippen molar-refractivity contribution in [3.63, 3.8) is 0 Å². The number of hydrogen-bond acceptors (Lipinski definition) is 2. The Kier molecular flexibility index (Phi) is 8.95. The predicted molar refractivity (Wildman–Crippen MR) is 242 cm³/mol. The Morgan fingerprint density at radius 3 is 1.59 bits per heavy atom. The van der Waals surface area contributed by atoms with Crippen molar-refractivity contribution in [2.75, 3.05) is 0 Å². The van der Waals surface area contributed by atoms with E-state index in [9.17, 15) is 4.39 Å². The number of nitrogens with zero attached hydrogens (tertiary/aromatic N) is 2. The third-order valence-electron chi connectivity index (χ3n) is 11.9. The first-order valence-electron chi connectivity index (χ1n) is 20.2. The van der Waals surface area contributed by atoms with Gasteiger partial charge in [0, 0.05) is 40.1 Å². The number of rotatable bonds is 7. The van der Waals surface area contributed by atoms with Gasteiger partial charge in [-0.05, 0) is 128 Å². The fraction of sp³-hybridized carbons (Fsp3) is 0.0714. The molecule has 0 aliphatic heterocycles. The molecular weight excluding hydrogens is 720 g/mol. The monoisotopic (exact) mass is 760 g/mol. The van der Waals surface area contributed by atoms with Crippen LogP contribution in [0.3, 0.4) is 0 Å². The van der Waals surface area contributed by atoms with E-state index in [1.807, 2.05) is 18.3 Å². The molecule has 0 saturated carbocycles. The topological polar surface area (TPSA) is 25.8 Å². The average Bonchev–Trinajstić information content (AvgIpc) is 3.51. The molecule has 0 fully saturated rings. The summed E-state index contributed by atoms with van der Waals surface area (Å²) in [5, 5.41) is 0. The maximum absolute atomic E-state index is 13.6. The second-order valence-corrected chi connectivity index (χ2v) is 16.0. The number of aromatic nitrogens is 2. The lowest BCUT2D eigenvalue weighted by molar-refractivity contribution is 0.628. The van der Waals surface area contributed by atoms with Crippen LogP contribution in [0.15, 0.2) is 194 Å². The van der Waals surface area contributed by atoms with Crippen LogP contribution in [0.1, 0.15) is 30.5 Å². The minimum Gasteiger partial charge on any atom is -0.256 e. The molecule has 1 aliphatic carbocycles. The Hall–Kier alpha value is -7.23. The summed E-state index contributed by atoms with van der Waals surface area (Å²) in [6.45, 7) is 6.85. The zero-order chi connectivity index (χ0) is 40.1. The number of aryl methyl sites for hydroxylation is 1. The highest BCUT2D eigenvalue weighted by molar-refractivity contribution is 5.95. The lowest BCUT2D eigenvalue weighted by Gasteiger charge is -2.22. The van der Waals surface area contributed by atoms with Crippen LogP contribution in [-0.2, 0) is 5.41 Å². The van der Waals surface area contributed by atoms with Crippen LogP contribution in [0.2, 0.25) is 0 Å². The summed E-state index contributed by atoms with van der Waals surface area (Å²) in [5.74, 6) is -0.257. The summed E-state index contributed by atoms with van der Waals surface area (Å²) in [4.78, 5) is 9.90. The number of fused-ring (bicyclic) bond motifs is 3. The van der Waals surface area contributed by atoms with E-state index >= 15 is 0 Å². The van der Waals surface area contributed by atoms with Crippen molar-refractivity contribution < 1.29 is 4.39 Å². The molecule has 1 aliphatic rings. The summed E-state index contributed by atoms with van der Waals surface area (Å²) >= 11 is 0. The molecule has 3 heteroatoms. The molecule has 59 heavy (non-hydrogen) atoms. The Morgan fingerprint density at radius 2 is 0.898 bits per heavy atom. The quantitative estimate of drug-likeness (QED) is 0.162. The van der Waals surface area contributed by atoms with Gasteiger partial charge in [-0.2, -0.15) is 0 Å². The second kappa shape index (κ2) is 14.6. The zero-order valence-corrected chi connectivity index (χ0v) is 33.2. The number of halogens is 1. The van der Waals surface area contributed by atoms with Gasteiger partial charge in [0.25, 0.3) is 0 Å². The van der Waals surface area contributed by atoms with Crippen LogP contribution in [0.5, 0.6) is 0 Å². The molecule has 0 bridgehead atoms. The van der Waals surface area contributed by atoms with Crippen molar-refractivity contribution in [1.29, 1.82) is 0 Å². The van der Waals surface area contributed by atoms with Crippen LogP contribution < -0.4 is 0 Å². The van der Waals surface area contributed by atoms with Crippen molar-refractivity contribution in [2.45, 2.75) is 26.2 Å². The van der Waals surface area contributed by atoms with E-state index < -0.39 is 0 Å². The average molecular weight is 761 g/mol. The van der Waals surface area contributed by atoms with E-state index in [-0.39, 0.29) is 11.2 Å². The van der Waals surface area contributed by atoms with E-state index in [0.29, 0.717) is 0 Å². The van der Waals surface area contributed by atoms with Gasteiger partial charge in [-0.15, -0.1) is 0 Å². The molecule has 0 radical (unpaired) electrons. The number of benzene rings is 7. The first-order chi connectivity index (χ1) is 28.8. The third-order valence-corrected chi connectivity index (χ3v) is 11.9. The molecule has 0 saturated heterocycles. The van der Waals surface area contributed by atoms with Crippen LogP contribution in [0.25, 0.3) is 89.3 Å². The Bertz CT molecular complexity index is 3020. The lowest BCUT2D eigenvalue weighted by Crippen LogP contribution is -2.14. The van der Waals surface area contributed by atoms with Gasteiger partial charge >= 0.3 is 0 Å². The maximum Gasteiger partial charge on any atom is 0.123 e. The van der Waals surface area contributed by atoms with Gasteiger partial charge in [-0.25, -0.2) is 4.39 Å². The molecule has 0 unspecified atom stereocenters. The Labute approximate surface area is 345 Å². The Balaban J connectivity index is 1.09. The molecular formula is C56H41FN2. The fourth-order valence-corrected chi connectivity index (χ4v) is 8.94. The highest BCUT2D eigenvalue weighted by atomic mass is 19.1. The van der Waals surface area contributed by atoms with E-state index in [4.69, 9.17) is 9.97 Å². The minimum atomic E-state index is -0.257. The number of pyridine rings is 2. The SMILES string of the molecule is Cc1cc(-c2ccccc2-c2ccc(-c3ccc(F)cc3)nc2)cc(-c2ccccc2-c2cnc(-c3ccccc3)cc2-c2ccc3c(c2)C(C)(C)c2ccccc2-3)c1. The largest absolute Gasteiger partial charge is 0.256 e. The van der Waals surface area contributed by atoms with Crippen LogP contribution in [-0.4, -0.2) is 9.97 Å². The van der Waals surface area contributed by atoms with Crippen molar-refractivity contribution in [3.8, 4) is 89.3 Å². The highest BCUT2D eigenvalue weighted by Crippen LogP contribution is 2.50. The minimum absolute atomic E-state index is 0.121. The third kappa shape index (κ3) is 6.55. The molecule has 10 rings (SSSR count). The van der Waals surface area contributed by atoms with Crippen LogP contribution >= 0.6 is 0 Å². The lowest BCUT2D eigenvalue weighted by atomic mass is 9.81. The molecule has 0 atom stereocenters. The van der Waals surface area contributed by atoms with Gasteiger partial charge in [-0.3, -0.25) is 9.97 Å². The van der Waals surface area contributed by atoms with Gasteiger partial charge < -0.3 is 0 Å². The van der Waals surface area contributed by atoms with Gasteiger partial charge in [0.1, 0.15) is 5.82 Å². The van der Waals surface area contributed by atoms with Gasteiger partial charge in [0.05, 0.1) is 11.4 Å². The molecule has 9 aromatic rings. The van der Waals surface area contributed by atoms with E-state index in [2.05, 4.69) is 173 Å². The predicted octanol–water partition coefficient (Wildman–Crippen LogP) is 14.9. The molecule has 2 heterocycles. The van der Waals surface area contributed by atoms with Crippen molar-refractivity contribution in [2.24, 2.45) is 0 Å². The van der Waals surface area contributed by atoms with E-state index in [1.54, 1.807) is 12.1 Å².